The van der Waals surface area contributed by atoms with E-state index in [0.29, 0.717) is 6.42 Å². The van der Waals surface area contributed by atoms with Crippen LogP contribution in [0.25, 0.3) is 0 Å². The molecule has 1 unspecified atom stereocenters. The number of halogens is 3. The van der Waals surface area contributed by atoms with Crippen LogP contribution in [0.1, 0.15) is 24.5 Å². The van der Waals surface area contributed by atoms with Gasteiger partial charge in [0, 0.05) is 51.4 Å². The van der Waals surface area contributed by atoms with E-state index in [1.807, 2.05) is 25.1 Å². The van der Waals surface area contributed by atoms with E-state index >= 15 is 0 Å². The van der Waals surface area contributed by atoms with Crippen molar-refractivity contribution < 1.29 is 18.0 Å². The van der Waals surface area contributed by atoms with Crippen LogP contribution in [-0.4, -0.2) is 54.6 Å². The van der Waals surface area contributed by atoms with E-state index in [-0.39, 0.29) is 18.4 Å². The zero-order valence-electron chi connectivity index (χ0n) is 17.0. The van der Waals surface area contributed by atoms with Crippen LogP contribution in [0.15, 0.2) is 48.7 Å². The second-order valence-electron chi connectivity index (χ2n) is 7.64. The Labute approximate surface area is 174 Å². The lowest BCUT2D eigenvalue weighted by molar-refractivity contribution is -0.137. The Morgan fingerprint density at radius 3 is 2.40 bits per heavy atom. The number of anilines is 1. The highest BCUT2D eigenvalue weighted by Crippen LogP contribution is 2.29. The molecule has 1 aliphatic heterocycles. The lowest BCUT2D eigenvalue weighted by Gasteiger charge is -2.36. The Hall–Kier alpha value is -2.61. The maximum atomic E-state index is 12.6. The molecule has 1 N–H and O–H groups in total. The number of alkyl halides is 3. The molecule has 2 aromatic rings. The van der Waals surface area contributed by atoms with E-state index < -0.39 is 11.7 Å². The smallest absolute Gasteiger partial charge is 0.354 e. The first-order valence-corrected chi connectivity index (χ1v) is 10.1. The maximum absolute atomic E-state index is 12.6. The van der Waals surface area contributed by atoms with Crippen molar-refractivity contribution in [1.82, 2.24) is 15.2 Å². The highest BCUT2D eigenvalue weighted by atomic mass is 19.4. The molecule has 1 atom stereocenters. The van der Waals surface area contributed by atoms with Gasteiger partial charge in [-0.25, -0.2) is 4.98 Å². The summed E-state index contributed by atoms with van der Waals surface area (Å²) in [7, 11) is 0. The molecular weight excluding hydrogens is 393 g/mol. The van der Waals surface area contributed by atoms with Gasteiger partial charge in [-0.2, -0.15) is 13.2 Å². The Morgan fingerprint density at radius 1 is 1.10 bits per heavy atom. The highest BCUT2D eigenvalue weighted by molar-refractivity contribution is 5.76. The van der Waals surface area contributed by atoms with Crippen LogP contribution in [0.4, 0.5) is 19.0 Å². The Kier molecular flexibility index (Phi) is 7.31. The Balaban J connectivity index is 1.37. The second-order valence-corrected chi connectivity index (χ2v) is 7.64. The summed E-state index contributed by atoms with van der Waals surface area (Å²) >= 11 is 0. The van der Waals surface area contributed by atoms with E-state index in [4.69, 9.17) is 0 Å². The first-order chi connectivity index (χ1) is 14.3. The zero-order valence-corrected chi connectivity index (χ0v) is 17.0. The molecule has 2 heterocycles. The van der Waals surface area contributed by atoms with Crippen LogP contribution < -0.4 is 10.2 Å². The predicted octanol–water partition coefficient (Wildman–Crippen LogP) is 3.36. The lowest BCUT2D eigenvalue weighted by Crippen LogP contribution is -2.51. The minimum absolute atomic E-state index is 0.00602. The number of benzene rings is 1. The molecule has 1 fully saturated rings. The van der Waals surface area contributed by atoms with Crippen molar-refractivity contribution in [1.29, 1.82) is 0 Å². The molecule has 0 bridgehead atoms. The van der Waals surface area contributed by atoms with Gasteiger partial charge in [-0.15, -0.1) is 0 Å². The number of carbonyl (C=O) groups is 1. The van der Waals surface area contributed by atoms with Gasteiger partial charge in [-0.1, -0.05) is 18.2 Å². The van der Waals surface area contributed by atoms with Gasteiger partial charge < -0.3 is 10.2 Å². The van der Waals surface area contributed by atoms with Gasteiger partial charge in [-0.3, -0.25) is 9.69 Å². The van der Waals surface area contributed by atoms with Crippen molar-refractivity contribution >= 4 is 11.7 Å². The molecular formula is C22H27F3N4O. The Morgan fingerprint density at radius 2 is 1.80 bits per heavy atom. The minimum Gasteiger partial charge on any atom is -0.354 e. The highest BCUT2D eigenvalue weighted by Gasteiger charge is 2.29. The van der Waals surface area contributed by atoms with Crippen molar-refractivity contribution in [3.63, 3.8) is 0 Å². The van der Waals surface area contributed by atoms with Crippen LogP contribution in [0.3, 0.4) is 0 Å². The zero-order chi connectivity index (χ0) is 21.6. The van der Waals surface area contributed by atoms with Crippen LogP contribution in [0.2, 0.25) is 0 Å². The van der Waals surface area contributed by atoms with Gasteiger partial charge in [0.05, 0.1) is 5.56 Å². The van der Waals surface area contributed by atoms with Gasteiger partial charge in [0.15, 0.2) is 0 Å². The number of carbonyl (C=O) groups excluding carboxylic acids is 1. The lowest BCUT2D eigenvalue weighted by atomic mass is 10.1. The predicted molar refractivity (Wildman–Crippen MR) is 110 cm³/mol. The molecule has 0 aliphatic carbocycles. The van der Waals surface area contributed by atoms with E-state index in [1.54, 1.807) is 6.20 Å². The second kappa shape index (κ2) is 9.93. The van der Waals surface area contributed by atoms with Crippen LogP contribution in [0, 0.1) is 0 Å². The van der Waals surface area contributed by atoms with Crippen LogP contribution in [-0.2, 0) is 17.4 Å². The third-order valence-corrected chi connectivity index (χ3v) is 5.21. The summed E-state index contributed by atoms with van der Waals surface area (Å²) in [5.41, 5.74) is 0.0453. The quantitative estimate of drug-likeness (QED) is 0.746. The molecule has 30 heavy (non-hydrogen) atoms. The molecule has 1 aromatic carbocycles. The molecule has 0 saturated carbocycles. The topological polar surface area (TPSA) is 48.5 Å². The fraction of sp³-hybridized carbons (Fsp3) is 0.455. The first kappa shape index (κ1) is 22.1. The number of hydrogen-bond acceptors (Lipinski definition) is 4. The summed E-state index contributed by atoms with van der Waals surface area (Å²) in [4.78, 5) is 21.2. The van der Waals surface area contributed by atoms with E-state index in [1.165, 1.54) is 12.1 Å². The summed E-state index contributed by atoms with van der Waals surface area (Å²) in [6.45, 7) is 6.34. The Bertz CT molecular complexity index is 803. The van der Waals surface area contributed by atoms with Gasteiger partial charge in [-0.05, 0) is 43.2 Å². The third-order valence-electron chi connectivity index (χ3n) is 5.21. The summed E-state index contributed by atoms with van der Waals surface area (Å²) in [6.07, 6.45) is -1.87. The summed E-state index contributed by atoms with van der Waals surface area (Å²) < 4.78 is 37.8. The number of pyridine rings is 1. The molecule has 0 radical (unpaired) electrons. The van der Waals surface area contributed by atoms with Crippen molar-refractivity contribution in [2.24, 2.45) is 0 Å². The standard InChI is InChI=1S/C22H27F3N4O/c1-17(16-28-12-14-29(15-13-28)20-4-2-3-11-26-20)27-21(30)10-7-18-5-8-19(9-6-18)22(23,24)25/h2-6,8-9,11,17H,7,10,12-16H2,1H3,(H,27,30). The van der Waals surface area contributed by atoms with Crippen molar-refractivity contribution in [2.75, 3.05) is 37.6 Å². The van der Waals surface area contributed by atoms with E-state index in [2.05, 4.69) is 20.1 Å². The van der Waals surface area contributed by atoms with Gasteiger partial charge in [0.2, 0.25) is 5.91 Å². The number of rotatable bonds is 7. The largest absolute Gasteiger partial charge is 0.416 e. The number of nitrogens with one attached hydrogen (secondary N) is 1. The van der Waals surface area contributed by atoms with Crippen molar-refractivity contribution in [3.05, 3.63) is 59.8 Å². The van der Waals surface area contributed by atoms with Crippen molar-refractivity contribution in [2.45, 2.75) is 32.0 Å². The van der Waals surface area contributed by atoms with Crippen LogP contribution >= 0.6 is 0 Å². The number of aryl methyl sites for hydroxylation is 1. The third kappa shape index (κ3) is 6.45. The number of hydrogen-bond donors (Lipinski definition) is 1. The molecule has 162 valence electrons. The first-order valence-electron chi connectivity index (χ1n) is 10.1. The maximum Gasteiger partial charge on any atom is 0.416 e. The van der Waals surface area contributed by atoms with Gasteiger partial charge in [0.25, 0.3) is 0 Å². The molecule has 3 rings (SSSR count). The summed E-state index contributed by atoms with van der Waals surface area (Å²) in [5, 5.41) is 2.99. The molecule has 1 aliphatic rings. The number of piperazine rings is 1. The molecule has 1 saturated heterocycles. The molecule has 1 aromatic heterocycles. The number of amides is 1. The van der Waals surface area contributed by atoms with Crippen LogP contribution in [0.5, 0.6) is 0 Å². The average Bonchev–Trinajstić information content (AvgIpc) is 2.73. The average molecular weight is 420 g/mol. The number of aromatic nitrogens is 1. The van der Waals surface area contributed by atoms with E-state index in [0.717, 1.165) is 56.2 Å². The molecule has 5 nitrogen and oxygen atoms in total. The van der Waals surface area contributed by atoms with Crippen molar-refractivity contribution in [3.8, 4) is 0 Å². The molecule has 8 heteroatoms. The SMILES string of the molecule is CC(CN1CCN(c2ccccn2)CC1)NC(=O)CCc1ccc(C(F)(F)F)cc1. The fourth-order valence-electron chi connectivity index (χ4n) is 3.60. The summed E-state index contributed by atoms with van der Waals surface area (Å²) in [6, 6.07) is 10.9. The fourth-order valence-corrected chi connectivity index (χ4v) is 3.60. The van der Waals surface area contributed by atoms with Gasteiger partial charge >= 0.3 is 6.18 Å². The minimum atomic E-state index is -4.34. The summed E-state index contributed by atoms with van der Waals surface area (Å²) in [5.74, 6) is 0.899. The molecule has 0 spiro atoms. The molecule has 1 amide bonds. The normalized spacial score (nSPS) is 16.3. The van der Waals surface area contributed by atoms with E-state index in [9.17, 15) is 18.0 Å². The van der Waals surface area contributed by atoms with Gasteiger partial charge in [0.1, 0.15) is 5.82 Å². The number of nitrogens with zero attached hydrogens (tertiary/aromatic N) is 3. The monoisotopic (exact) mass is 420 g/mol.